The van der Waals surface area contributed by atoms with Crippen LogP contribution in [-0.2, 0) is 9.59 Å². The second kappa shape index (κ2) is 10.4. The number of carbonyl (C=O) groups excluding carboxylic acids is 2. The number of aliphatic hydroxyl groups excluding tert-OH is 1. The molecule has 0 bridgehead atoms. The van der Waals surface area contributed by atoms with Gasteiger partial charge in [-0.3, -0.25) is 14.8 Å². The van der Waals surface area contributed by atoms with Crippen LogP contribution in [0, 0.1) is 10.8 Å². The van der Waals surface area contributed by atoms with Gasteiger partial charge in [0.2, 0.25) is 5.91 Å². The first-order valence-electron chi connectivity index (χ1n) is 9.08. The maximum Gasteiger partial charge on any atom is 0.276 e. The molecule has 0 unspecified atom stereocenters. The summed E-state index contributed by atoms with van der Waals surface area (Å²) in [6.45, 7) is 7.88. The molecule has 0 aromatic heterocycles. The van der Waals surface area contributed by atoms with Crippen molar-refractivity contribution in [3.63, 3.8) is 0 Å². The average Bonchev–Trinajstić information content (AvgIpc) is 2.56. The normalized spacial score (nSPS) is 15.6. The SMILES string of the molecule is CC(C)(CCSCCCSCCC(C)(C)/C(O)=C/C(N)=O)C1=CC(=O)N1O. The predicted octanol–water partition coefficient (Wildman–Crippen LogP) is 3.72. The number of allylic oxidation sites excluding steroid dienone is 2. The fourth-order valence-electron chi connectivity index (χ4n) is 2.48. The molecule has 0 fully saturated rings. The summed E-state index contributed by atoms with van der Waals surface area (Å²) in [6.07, 6.45) is 5.38. The molecule has 1 aliphatic rings. The van der Waals surface area contributed by atoms with Crippen molar-refractivity contribution in [3.05, 3.63) is 23.6 Å². The van der Waals surface area contributed by atoms with Crippen LogP contribution >= 0.6 is 23.5 Å². The first-order valence-corrected chi connectivity index (χ1v) is 11.4. The van der Waals surface area contributed by atoms with Crippen molar-refractivity contribution in [2.24, 2.45) is 16.6 Å². The van der Waals surface area contributed by atoms with Crippen molar-refractivity contribution in [3.8, 4) is 0 Å². The molecule has 0 aliphatic carbocycles. The minimum absolute atomic E-state index is 0.0403. The third kappa shape index (κ3) is 7.79. The molecule has 4 N–H and O–H groups in total. The van der Waals surface area contributed by atoms with Crippen LogP contribution in [0.15, 0.2) is 23.6 Å². The first kappa shape index (κ1) is 23.9. The molecule has 0 atom stereocenters. The van der Waals surface area contributed by atoms with E-state index in [1.54, 1.807) is 0 Å². The highest BCUT2D eigenvalue weighted by Crippen LogP contribution is 2.37. The van der Waals surface area contributed by atoms with Crippen LogP contribution in [0.3, 0.4) is 0 Å². The van der Waals surface area contributed by atoms with Gasteiger partial charge in [-0.2, -0.15) is 28.6 Å². The summed E-state index contributed by atoms with van der Waals surface area (Å²) in [5.74, 6) is 3.09. The average molecular weight is 417 g/mol. The first-order chi connectivity index (χ1) is 12.5. The van der Waals surface area contributed by atoms with Gasteiger partial charge in [0.1, 0.15) is 5.76 Å². The number of nitrogens with zero attached hydrogens (tertiary/aromatic N) is 1. The Morgan fingerprint density at radius 1 is 1.15 bits per heavy atom. The molecule has 0 aromatic rings. The molecule has 27 heavy (non-hydrogen) atoms. The minimum Gasteiger partial charge on any atom is -0.512 e. The van der Waals surface area contributed by atoms with Crippen molar-refractivity contribution in [1.29, 1.82) is 0 Å². The predicted molar refractivity (Wildman–Crippen MR) is 113 cm³/mol. The summed E-state index contributed by atoms with van der Waals surface area (Å²) in [6, 6.07) is 0. The molecule has 0 saturated heterocycles. The van der Waals surface area contributed by atoms with Crippen LogP contribution in [0.2, 0.25) is 0 Å². The van der Waals surface area contributed by atoms with Crippen LogP contribution in [0.5, 0.6) is 0 Å². The zero-order valence-electron chi connectivity index (χ0n) is 16.7. The Labute approximate surface area is 170 Å². The Hall–Kier alpha value is -1.12. The number of thioether (sulfide) groups is 2. The van der Waals surface area contributed by atoms with Gasteiger partial charge in [-0.1, -0.05) is 27.7 Å². The molecule has 0 aromatic carbocycles. The van der Waals surface area contributed by atoms with E-state index in [4.69, 9.17) is 5.73 Å². The van der Waals surface area contributed by atoms with Crippen LogP contribution in [0.25, 0.3) is 0 Å². The molecule has 2 amide bonds. The van der Waals surface area contributed by atoms with Crippen LogP contribution in [0.4, 0.5) is 0 Å². The number of amides is 2. The fourth-order valence-corrected chi connectivity index (χ4v) is 5.08. The lowest BCUT2D eigenvalue weighted by Crippen LogP contribution is -2.41. The standard InChI is InChI=1S/C19H32N2O4S2/c1-18(2,14-12-17(24)21(14)25)6-10-26-8-5-9-27-11-7-19(3,4)15(22)13-16(20)23/h12-13,22,25H,5-11H2,1-4H3,(H2,20,23)/b15-13-. The number of nitrogens with two attached hydrogens (primary N) is 1. The summed E-state index contributed by atoms with van der Waals surface area (Å²) in [7, 11) is 0. The van der Waals surface area contributed by atoms with Crippen LogP contribution < -0.4 is 5.73 Å². The maximum absolute atomic E-state index is 11.1. The van der Waals surface area contributed by atoms with Crippen molar-refractivity contribution < 1.29 is 19.9 Å². The number of hydroxylamine groups is 2. The fraction of sp³-hybridized carbons (Fsp3) is 0.684. The smallest absolute Gasteiger partial charge is 0.276 e. The van der Waals surface area contributed by atoms with Gasteiger partial charge in [-0.15, -0.1) is 0 Å². The van der Waals surface area contributed by atoms with E-state index in [9.17, 15) is 19.9 Å². The molecule has 154 valence electrons. The van der Waals surface area contributed by atoms with Gasteiger partial charge in [0.15, 0.2) is 0 Å². The molecular weight excluding hydrogens is 384 g/mol. The summed E-state index contributed by atoms with van der Waals surface area (Å²) in [5, 5.41) is 20.2. The molecule has 8 heteroatoms. The van der Waals surface area contributed by atoms with Gasteiger partial charge in [0, 0.05) is 23.0 Å². The van der Waals surface area contributed by atoms with E-state index in [0.29, 0.717) is 5.70 Å². The van der Waals surface area contributed by atoms with Crippen molar-refractivity contribution in [2.45, 2.75) is 47.0 Å². The van der Waals surface area contributed by atoms with Gasteiger partial charge >= 0.3 is 0 Å². The van der Waals surface area contributed by atoms with Crippen LogP contribution in [-0.4, -0.2) is 50.2 Å². The van der Waals surface area contributed by atoms with E-state index in [2.05, 4.69) is 0 Å². The minimum atomic E-state index is -0.625. The van der Waals surface area contributed by atoms with Gasteiger partial charge in [0.05, 0.1) is 5.70 Å². The molecular formula is C19H32N2O4S2. The molecule has 1 rings (SSSR count). The zero-order chi connectivity index (χ0) is 20.7. The zero-order valence-corrected chi connectivity index (χ0v) is 18.3. The summed E-state index contributed by atoms with van der Waals surface area (Å²) in [5.41, 5.74) is 5.13. The van der Waals surface area contributed by atoms with Crippen LogP contribution in [0.1, 0.15) is 47.0 Å². The van der Waals surface area contributed by atoms with E-state index in [-0.39, 0.29) is 17.1 Å². The lowest BCUT2D eigenvalue weighted by atomic mass is 9.83. The lowest BCUT2D eigenvalue weighted by molar-refractivity contribution is -0.162. The van der Waals surface area contributed by atoms with Crippen molar-refractivity contribution in [2.75, 3.05) is 23.0 Å². The molecule has 0 radical (unpaired) electrons. The highest BCUT2D eigenvalue weighted by atomic mass is 32.2. The molecule has 1 heterocycles. The highest BCUT2D eigenvalue weighted by molar-refractivity contribution is 8.00. The van der Waals surface area contributed by atoms with E-state index in [1.165, 1.54) is 6.08 Å². The van der Waals surface area contributed by atoms with Gasteiger partial charge in [-0.05, 0) is 42.3 Å². The van der Waals surface area contributed by atoms with E-state index >= 15 is 0 Å². The Kier molecular flexibility index (Phi) is 9.24. The molecule has 1 aliphatic heterocycles. The monoisotopic (exact) mass is 416 g/mol. The number of hydrogen-bond acceptors (Lipinski definition) is 6. The maximum atomic E-state index is 11.1. The quantitative estimate of drug-likeness (QED) is 0.183. The Morgan fingerprint density at radius 3 is 2.19 bits per heavy atom. The third-order valence-corrected chi connectivity index (χ3v) is 6.82. The number of rotatable bonds is 13. The summed E-state index contributed by atoms with van der Waals surface area (Å²) in [4.78, 5) is 21.9. The number of aliphatic hydroxyl groups is 1. The molecule has 0 saturated carbocycles. The highest BCUT2D eigenvalue weighted by Gasteiger charge is 2.36. The summed E-state index contributed by atoms with van der Waals surface area (Å²) < 4.78 is 0. The topological polar surface area (TPSA) is 104 Å². The van der Waals surface area contributed by atoms with Crippen molar-refractivity contribution in [1.82, 2.24) is 5.06 Å². The van der Waals surface area contributed by atoms with Crippen molar-refractivity contribution >= 4 is 35.3 Å². The molecule has 0 spiro atoms. The van der Waals surface area contributed by atoms with Gasteiger partial charge in [0.25, 0.3) is 5.91 Å². The second-order valence-electron chi connectivity index (χ2n) is 7.96. The number of hydrogen-bond donors (Lipinski definition) is 3. The Balaban J connectivity index is 2.10. The number of primary amides is 1. The van der Waals surface area contributed by atoms with Gasteiger partial charge < -0.3 is 10.8 Å². The summed E-state index contributed by atoms with van der Waals surface area (Å²) >= 11 is 3.73. The Morgan fingerprint density at radius 2 is 1.70 bits per heavy atom. The number of carbonyl (C=O) groups is 2. The Bertz CT molecular complexity index is 601. The van der Waals surface area contributed by atoms with E-state index < -0.39 is 11.3 Å². The van der Waals surface area contributed by atoms with E-state index in [1.807, 2.05) is 51.2 Å². The largest absolute Gasteiger partial charge is 0.512 e. The third-order valence-electron chi connectivity index (χ3n) is 4.68. The molecule has 6 nitrogen and oxygen atoms in total. The second-order valence-corrected chi connectivity index (χ2v) is 10.4. The lowest BCUT2D eigenvalue weighted by Gasteiger charge is -2.36. The van der Waals surface area contributed by atoms with E-state index in [0.717, 1.165) is 53.4 Å². The van der Waals surface area contributed by atoms with Gasteiger partial charge in [-0.25, -0.2) is 0 Å².